The second kappa shape index (κ2) is 6.64. The van der Waals surface area contributed by atoms with Crippen molar-refractivity contribution < 1.29 is 9.18 Å². The minimum Gasteiger partial charge on any atom is -0.356 e. The van der Waals surface area contributed by atoms with Crippen molar-refractivity contribution >= 4 is 39.0 Å². The van der Waals surface area contributed by atoms with Crippen LogP contribution in [0.1, 0.15) is 33.6 Å². The number of amides is 1. The van der Waals surface area contributed by atoms with E-state index in [1.807, 2.05) is 6.92 Å². The Morgan fingerprint density at radius 1 is 1.23 bits per heavy atom. The number of carbonyl (C=O) groups is 1. The van der Waals surface area contributed by atoms with Gasteiger partial charge < -0.3 is 10.2 Å². The van der Waals surface area contributed by atoms with Crippen LogP contribution in [0.4, 0.5) is 15.9 Å². The third kappa shape index (κ3) is 2.92. The monoisotopic (exact) mass is 370 g/mol. The molecule has 0 bridgehead atoms. The quantitative estimate of drug-likeness (QED) is 0.747. The van der Waals surface area contributed by atoms with E-state index in [-0.39, 0.29) is 11.7 Å². The van der Waals surface area contributed by atoms with E-state index in [4.69, 9.17) is 0 Å². The highest BCUT2D eigenvalue weighted by Gasteiger charge is 2.25. The highest BCUT2D eigenvalue weighted by atomic mass is 32.1. The Morgan fingerprint density at radius 2 is 2.00 bits per heavy atom. The smallest absolute Gasteiger partial charge is 0.257 e. The van der Waals surface area contributed by atoms with E-state index in [9.17, 15) is 9.18 Å². The van der Waals surface area contributed by atoms with Gasteiger partial charge in [-0.3, -0.25) is 4.79 Å². The Morgan fingerprint density at radius 3 is 2.73 bits per heavy atom. The van der Waals surface area contributed by atoms with E-state index in [0.29, 0.717) is 16.8 Å². The fourth-order valence-corrected chi connectivity index (χ4v) is 4.37. The van der Waals surface area contributed by atoms with E-state index in [1.165, 1.54) is 17.4 Å². The maximum Gasteiger partial charge on any atom is 0.257 e. The Hall–Kier alpha value is -2.54. The molecule has 2 aromatic heterocycles. The molecule has 5 nitrogen and oxygen atoms in total. The number of thiophene rings is 1. The summed E-state index contributed by atoms with van der Waals surface area (Å²) in [6.07, 6.45) is 3.83. The summed E-state index contributed by atoms with van der Waals surface area (Å²) in [6.45, 7) is 5.49. The molecule has 0 unspecified atom stereocenters. The molecule has 1 amide bonds. The summed E-state index contributed by atoms with van der Waals surface area (Å²) in [4.78, 5) is 25.8. The van der Waals surface area contributed by atoms with Crippen LogP contribution in [0.3, 0.4) is 0 Å². The molecule has 0 saturated carbocycles. The Labute approximate surface area is 154 Å². The number of rotatable bonds is 3. The fourth-order valence-electron chi connectivity index (χ4n) is 3.39. The zero-order valence-electron chi connectivity index (χ0n) is 14.7. The first-order chi connectivity index (χ1) is 12.5. The summed E-state index contributed by atoms with van der Waals surface area (Å²) in [7, 11) is 0. The van der Waals surface area contributed by atoms with Gasteiger partial charge in [0, 0.05) is 23.7 Å². The predicted octanol–water partition coefficient (Wildman–Crippen LogP) is 4.30. The first-order valence-corrected chi connectivity index (χ1v) is 9.43. The van der Waals surface area contributed by atoms with Crippen molar-refractivity contribution in [2.24, 2.45) is 0 Å². The van der Waals surface area contributed by atoms with E-state index in [1.54, 1.807) is 25.4 Å². The van der Waals surface area contributed by atoms with Crippen molar-refractivity contribution in [3.05, 3.63) is 46.3 Å². The molecular weight excluding hydrogens is 351 g/mol. The minimum absolute atomic E-state index is 0.213. The predicted molar refractivity (Wildman–Crippen MR) is 103 cm³/mol. The van der Waals surface area contributed by atoms with Crippen LogP contribution in [-0.2, 0) is 0 Å². The molecule has 1 saturated heterocycles. The summed E-state index contributed by atoms with van der Waals surface area (Å²) in [5.41, 5.74) is 1.68. The van der Waals surface area contributed by atoms with Gasteiger partial charge in [-0.05, 0) is 50.5 Å². The highest BCUT2D eigenvalue weighted by Crippen LogP contribution is 2.36. The molecule has 3 heterocycles. The van der Waals surface area contributed by atoms with E-state index in [0.717, 1.165) is 46.8 Å². The van der Waals surface area contributed by atoms with Gasteiger partial charge in [0.05, 0.1) is 10.9 Å². The topological polar surface area (TPSA) is 58.1 Å². The Balaban J connectivity index is 1.76. The summed E-state index contributed by atoms with van der Waals surface area (Å²) in [5, 5.41) is 3.70. The molecule has 0 atom stereocenters. The van der Waals surface area contributed by atoms with Crippen molar-refractivity contribution in [3.8, 4) is 0 Å². The van der Waals surface area contributed by atoms with Gasteiger partial charge in [0.25, 0.3) is 5.91 Å². The average Bonchev–Trinajstić information content (AvgIpc) is 3.24. The van der Waals surface area contributed by atoms with Gasteiger partial charge in [-0.2, -0.15) is 0 Å². The summed E-state index contributed by atoms with van der Waals surface area (Å²) in [5.74, 6) is 0.331. The van der Waals surface area contributed by atoms with Crippen LogP contribution in [-0.4, -0.2) is 29.0 Å². The zero-order valence-corrected chi connectivity index (χ0v) is 15.5. The number of nitrogens with zero attached hydrogens (tertiary/aromatic N) is 3. The Bertz CT molecular complexity index is 995. The highest BCUT2D eigenvalue weighted by molar-refractivity contribution is 7.19. The van der Waals surface area contributed by atoms with Gasteiger partial charge in [-0.1, -0.05) is 0 Å². The number of fused-ring (bicyclic) bond motifs is 1. The molecule has 7 heteroatoms. The molecule has 3 aromatic rings. The molecule has 1 aromatic carbocycles. The summed E-state index contributed by atoms with van der Waals surface area (Å²) in [6, 6.07) is 4.57. The summed E-state index contributed by atoms with van der Waals surface area (Å²) >= 11 is 1.50. The molecular formula is C19H19FN4OS. The molecule has 1 aliphatic heterocycles. The SMILES string of the molecule is Cc1cc(NC(=O)c2c(C)sc3ncnc(N4CCCC4)c23)ccc1F. The van der Waals surface area contributed by atoms with Crippen molar-refractivity contribution in [3.63, 3.8) is 0 Å². The molecule has 1 N–H and O–H groups in total. The van der Waals surface area contributed by atoms with Gasteiger partial charge in [-0.15, -0.1) is 11.3 Å². The van der Waals surface area contributed by atoms with Crippen LogP contribution in [0.2, 0.25) is 0 Å². The summed E-state index contributed by atoms with van der Waals surface area (Å²) < 4.78 is 13.5. The van der Waals surface area contributed by atoms with Crippen molar-refractivity contribution in [1.82, 2.24) is 9.97 Å². The first kappa shape index (κ1) is 16.9. The number of hydrogen-bond donors (Lipinski definition) is 1. The number of nitrogens with one attached hydrogen (secondary N) is 1. The Kier molecular flexibility index (Phi) is 4.32. The van der Waals surface area contributed by atoms with Gasteiger partial charge >= 0.3 is 0 Å². The zero-order chi connectivity index (χ0) is 18.3. The minimum atomic E-state index is -0.287. The number of benzene rings is 1. The number of hydrogen-bond acceptors (Lipinski definition) is 5. The van der Waals surface area contributed by atoms with Crippen LogP contribution >= 0.6 is 11.3 Å². The average molecular weight is 370 g/mol. The second-order valence-electron chi connectivity index (χ2n) is 6.52. The molecule has 0 radical (unpaired) electrons. The maximum absolute atomic E-state index is 13.5. The number of carbonyl (C=O) groups excluding carboxylic acids is 1. The van der Waals surface area contributed by atoms with Gasteiger partial charge in [-0.25, -0.2) is 14.4 Å². The van der Waals surface area contributed by atoms with Crippen LogP contribution in [0, 0.1) is 19.7 Å². The molecule has 4 rings (SSSR count). The lowest BCUT2D eigenvalue weighted by molar-refractivity contribution is 0.102. The molecule has 1 aliphatic rings. The molecule has 134 valence electrons. The fraction of sp³-hybridized carbons (Fsp3) is 0.316. The van der Waals surface area contributed by atoms with Crippen LogP contribution < -0.4 is 10.2 Å². The van der Waals surface area contributed by atoms with Crippen molar-refractivity contribution in [2.45, 2.75) is 26.7 Å². The lowest BCUT2D eigenvalue weighted by Crippen LogP contribution is -2.20. The molecule has 0 aliphatic carbocycles. The van der Waals surface area contributed by atoms with E-state index >= 15 is 0 Å². The van der Waals surface area contributed by atoms with E-state index < -0.39 is 0 Å². The van der Waals surface area contributed by atoms with Gasteiger partial charge in [0.15, 0.2) is 0 Å². The lowest BCUT2D eigenvalue weighted by Gasteiger charge is -2.17. The van der Waals surface area contributed by atoms with Crippen LogP contribution in [0.25, 0.3) is 10.2 Å². The largest absolute Gasteiger partial charge is 0.356 e. The maximum atomic E-state index is 13.5. The van der Waals surface area contributed by atoms with Crippen molar-refractivity contribution in [1.29, 1.82) is 0 Å². The normalized spacial score (nSPS) is 14.2. The molecule has 0 spiro atoms. The number of aryl methyl sites for hydroxylation is 2. The number of anilines is 2. The first-order valence-electron chi connectivity index (χ1n) is 8.61. The van der Waals surface area contributed by atoms with E-state index in [2.05, 4.69) is 20.2 Å². The third-order valence-electron chi connectivity index (χ3n) is 4.69. The van der Waals surface area contributed by atoms with Gasteiger partial charge in [0.2, 0.25) is 0 Å². The number of aromatic nitrogens is 2. The standard InChI is InChI=1S/C19H19FN4OS/c1-11-9-13(5-6-14(11)20)23-18(25)15-12(2)26-19-16(15)17(21-10-22-19)24-7-3-4-8-24/h5-6,9-10H,3-4,7-8H2,1-2H3,(H,23,25). The van der Waals surface area contributed by atoms with Crippen molar-refractivity contribution in [2.75, 3.05) is 23.3 Å². The lowest BCUT2D eigenvalue weighted by atomic mass is 10.1. The number of halogens is 1. The molecule has 1 fully saturated rings. The third-order valence-corrected chi connectivity index (χ3v) is 5.71. The van der Waals surface area contributed by atoms with Crippen LogP contribution in [0.15, 0.2) is 24.5 Å². The van der Waals surface area contributed by atoms with Gasteiger partial charge in [0.1, 0.15) is 22.8 Å². The second-order valence-corrected chi connectivity index (χ2v) is 7.73. The molecule has 26 heavy (non-hydrogen) atoms. The van der Waals surface area contributed by atoms with Crippen LogP contribution in [0.5, 0.6) is 0 Å².